The molecule has 1 aromatic rings. The molecule has 0 radical (unpaired) electrons. The standard InChI is InChI=1S/C13H24N2OS/c1-4-7-11-12(9-14-8-5-2)17-13(15-11)10-16-6-3/h14H,4-10H2,1-3H3. The molecule has 0 saturated carbocycles. The second-order valence-electron chi connectivity index (χ2n) is 4.04. The fourth-order valence-corrected chi connectivity index (χ4v) is 2.66. The smallest absolute Gasteiger partial charge is 0.119 e. The van der Waals surface area contributed by atoms with E-state index in [0.717, 1.165) is 37.5 Å². The van der Waals surface area contributed by atoms with Crippen LogP contribution in [0.4, 0.5) is 0 Å². The van der Waals surface area contributed by atoms with Gasteiger partial charge in [-0.2, -0.15) is 0 Å². The van der Waals surface area contributed by atoms with Crippen LogP contribution in [-0.4, -0.2) is 18.1 Å². The zero-order chi connectivity index (χ0) is 12.5. The number of nitrogens with zero attached hydrogens (tertiary/aromatic N) is 1. The first-order valence-electron chi connectivity index (χ1n) is 6.57. The molecule has 0 unspecified atom stereocenters. The fraction of sp³-hybridized carbons (Fsp3) is 0.769. The first-order chi connectivity index (χ1) is 8.31. The van der Waals surface area contributed by atoms with Crippen LogP contribution in [0.15, 0.2) is 0 Å². The predicted molar refractivity (Wildman–Crippen MR) is 73.4 cm³/mol. The van der Waals surface area contributed by atoms with E-state index in [9.17, 15) is 0 Å². The SMILES string of the molecule is CCCNCc1sc(COCC)nc1CCC. The molecule has 1 heterocycles. The minimum absolute atomic E-state index is 0.658. The van der Waals surface area contributed by atoms with E-state index in [1.807, 2.05) is 6.92 Å². The van der Waals surface area contributed by atoms with Gasteiger partial charge in [-0.1, -0.05) is 20.3 Å². The van der Waals surface area contributed by atoms with E-state index in [1.54, 1.807) is 11.3 Å². The first kappa shape index (κ1) is 14.6. The summed E-state index contributed by atoms with van der Waals surface area (Å²) in [6.45, 7) is 9.84. The van der Waals surface area contributed by atoms with Gasteiger partial charge in [0.25, 0.3) is 0 Å². The largest absolute Gasteiger partial charge is 0.375 e. The Kier molecular flexibility index (Phi) is 7.40. The van der Waals surface area contributed by atoms with E-state index >= 15 is 0 Å². The molecule has 0 amide bonds. The van der Waals surface area contributed by atoms with Crippen molar-refractivity contribution in [2.75, 3.05) is 13.2 Å². The van der Waals surface area contributed by atoms with Crippen molar-refractivity contribution in [3.63, 3.8) is 0 Å². The van der Waals surface area contributed by atoms with Gasteiger partial charge in [0.15, 0.2) is 0 Å². The fourth-order valence-electron chi connectivity index (χ4n) is 1.64. The summed E-state index contributed by atoms with van der Waals surface area (Å²) >= 11 is 1.79. The zero-order valence-corrected chi connectivity index (χ0v) is 12.0. The van der Waals surface area contributed by atoms with Gasteiger partial charge in [-0.25, -0.2) is 4.98 Å². The van der Waals surface area contributed by atoms with Crippen molar-refractivity contribution in [3.05, 3.63) is 15.6 Å². The number of thiazole rings is 1. The summed E-state index contributed by atoms with van der Waals surface area (Å²) < 4.78 is 5.42. The molecule has 1 rings (SSSR count). The Balaban J connectivity index is 2.60. The lowest BCUT2D eigenvalue weighted by Gasteiger charge is -2.02. The highest BCUT2D eigenvalue weighted by atomic mass is 32.1. The van der Waals surface area contributed by atoms with Crippen molar-refractivity contribution in [1.29, 1.82) is 0 Å². The third-order valence-electron chi connectivity index (χ3n) is 2.45. The van der Waals surface area contributed by atoms with Crippen molar-refractivity contribution in [3.8, 4) is 0 Å². The van der Waals surface area contributed by atoms with Crippen molar-refractivity contribution in [2.24, 2.45) is 0 Å². The van der Waals surface area contributed by atoms with Crippen LogP contribution in [0.3, 0.4) is 0 Å². The molecule has 3 nitrogen and oxygen atoms in total. The molecule has 0 fully saturated rings. The van der Waals surface area contributed by atoms with Gasteiger partial charge in [0.1, 0.15) is 5.01 Å². The quantitative estimate of drug-likeness (QED) is 0.689. The third kappa shape index (κ3) is 5.15. The Morgan fingerprint density at radius 2 is 2.06 bits per heavy atom. The molecular weight excluding hydrogens is 232 g/mol. The Morgan fingerprint density at radius 1 is 1.24 bits per heavy atom. The molecule has 4 heteroatoms. The van der Waals surface area contributed by atoms with E-state index in [4.69, 9.17) is 4.74 Å². The van der Waals surface area contributed by atoms with E-state index in [2.05, 4.69) is 24.1 Å². The van der Waals surface area contributed by atoms with Crippen LogP contribution in [0.2, 0.25) is 0 Å². The molecule has 0 atom stereocenters. The lowest BCUT2D eigenvalue weighted by Crippen LogP contribution is -2.13. The minimum atomic E-state index is 0.658. The lowest BCUT2D eigenvalue weighted by atomic mass is 10.2. The number of ether oxygens (including phenoxy) is 1. The maximum atomic E-state index is 5.42. The molecule has 1 N–H and O–H groups in total. The van der Waals surface area contributed by atoms with Crippen molar-refractivity contribution < 1.29 is 4.74 Å². The van der Waals surface area contributed by atoms with E-state index in [1.165, 1.54) is 17.0 Å². The number of aryl methyl sites for hydroxylation is 1. The predicted octanol–water partition coefficient (Wildman–Crippen LogP) is 3.13. The number of aromatic nitrogens is 1. The van der Waals surface area contributed by atoms with Crippen molar-refractivity contribution in [1.82, 2.24) is 10.3 Å². The highest BCUT2D eigenvalue weighted by Gasteiger charge is 2.10. The van der Waals surface area contributed by atoms with Gasteiger partial charge >= 0.3 is 0 Å². The lowest BCUT2D eigenvalue weighted by molar-refractivity contribution is 0.134. The zero-order valence-electron chi connectivity index (χ0n) is 11.2. The number of hydrogen-bond acceptors (Lipinski definition) is 4. The van der Waals surface area contributed by atoms with Gasteiger partial charge in [-0.3, -0.25) is 0 Å². The van der Waals surface area contributed by atoms with E-state index in [0.29, 0.717) is 6.61 Å². The summed E-state index contributed by atoms with van der Waals surface area (Å²) in [5, 5.41) is 4.56. The summed E-state index contributed by atoms with van der Waals surface area (Å²) in [5.74, 6) is 0. The molecular formula is C13H24N2OS. The molecule has 0 spiro atoms. The maximum absolute atomic E-state index is 5.42. The molecule has 1 aromatic heterocycles. The summed E-state index contributed by atoms with van der Waals surface area (Å²) in [4.78, 5) is 6.05. The maximum Gasteiger partial charge on any atom is 0.119 e. The molecule has 0 saturated heterocycles. The Bertz CT molecular complexity index is 312. The van der Waals surface area contributed by atoms with Gasteiger partial charge in [0.2, 0.25) is 0 Å². The number of rotatable bonds is 9. The third-order valence-corrected chi connectivity index (χ3v) is 3.52. The topological polar surface area (TPSA) is 34.1 Å². The molecule has 0 aliphatic carbocycles. The van der Waals surface area contributed by atoms with Crippen LogP contribution < -0.4 is 5.32 Å². The van der Waals surface area contributed by atoms with Crippen LogP contribution in [0.1, 0.15) is 49.2 Å². The summed E-state index contributed by atoms with van der Waals surface area (Å²) in [5.41, 5.74) is 1.26. The average molecular weight is 256 g/mol. The van der Waals surface area contributed by atoms with E-state index in [-0.39, 0.29) is 0 Å². The van der Waals surface area contributed by atoms with Crippen LogP contribution in [0.25, 0.3) is 0 Å². The van der Waals surface area contributed by atoms with Crippen LogP contribution >= 0.6 is 11.3 Å². The van der Waals surface area contributed by atoms with Gasteiger partial charge in [-0.05, 0) is 26.3 Å². The summed E-state index contributed by atoms with van der Waals surface area (Å²) in [6.07, 6.45) is 3.40. The van der Waals surface area contributed by atoms with Gasteiger partial charge in [0.05, 0.1) is 12.3 Å². The van der Waals surface area contributed by atoms with Gasteiger partial charge in [0, 0.05) is 18.0 Å². The normalized spacial score (nSPS) is 11.0. The Labute approximate surface area is 109 Å². The minimum Gasteiger partial charge on any atom is -0.375 e. The van der Waals surface area contributed by atoms with Crippen molar-refractivity contribution in [2.45, 2.75) is 53.2 Å². The van der Waals surface area contributed by atoms with Gasteiger partial charge < -0.3 is 10.1 Å². The van der Waals surface area contributed by atoms with Crippen LogP contribution in [0.5, 0.6) is 0 Å². The Morgan fingerprint density at radius 3 is 2.71 bits per heavy atom. The van der Waals surface area contributed by atoms with Crippen LogP contribution in [-0.2, 0) is 24.3 Å². The first-order valence-corrected chi connectivity index (χ1v) is 7.39. The van der Waals surface area contributed by atoms with Crippen LogP contribution in [0, 0.1) is 0 Å². The van der Waals surface area contributed by atoms with Gasteiger partial charge in [-0.15, -0.1) is 11.3 Å². The molecule has 0 aliphatic heterocycles. The average Bonchev–Trinajstić information content (AvgIpc) is 2.70. The molecule has 17 heavy (non-hydrogen) atoms. The second-order valence-corrected chi connectivity index (χ2v) is 5.21. The molecule has 0 bridgehead atoms. The Hall–Kier alpha value is -0.450. The molecule has 98 valence electrons. The number of nitrogens with one attached hydrogen (secondary N) is 1. The van der Waals surface area contributed by atoms with Crippen molar-refractivity contribution >= 4 is 11.3 Å². The summed E-state index contributed by atoms with van der Waals surface area (Å²) in [7, 11) is 0. The van der Waals surface area contributed by atoms with E-state index < -0.39 is 0 Å². The molecule has 0 aromatic carbocycles. The molecule has 0 aliphatic rings. The monoisotopic (exact) mass is 256 g/mol. The highest BCUT2D eigenvalue weighted by molar-refractivity contribution is 7.11. The second kappa shape index (κ2) is 8.61. The highest BCUT2D eigenvalue weighted by Crippen LogP contribution is 2.20. The number of hydrogen-bond donors (Lipinski definition) is 1. The summed E-state index contributed by atoms with van der Waals surface area (Å²) in [6, 6.07) is 0.